The van der Waals surface area contributed by atoms with Crippen molar-refractivity contribution >= 4 is 17.9 Å². The second-order valence-corrected chi connectivity index (χ2v) is 21.6. The molecule has 0 aromatic rings. The molecular formula is C69H122O6. The molecule has 434 valence electrons. The molecule has 0 radical (unpaired) electrons. The Bertz CT molecular complexity index is 1390. The summed E-state index contributed by atoms with van der Waals surface area (Å²) in [6.07, 6.45) is 81.8. The predicted octanol–water partition coefficient (Wildman–Crippen LogP) is 22.1. The van der Waals surface area contributed by atoms with Gasteiger partial charge < -0.3 is 14.2 Å². The first-order valence-electron chi connectivity index (χ1n) is 32.4. The zero-order chi connectivity index (χ0) is 54.3. The summed E-state index contributed by atoms with van der Waals surface area (Å²) in [6.45, 7) is 6.54. The van der Waals surface area contributed by atoms with Gasteiger partial charge >= 0.3 is 17.9 Å². The number of ether oxygens (including phenoxy) is 3. The van der Waals surface area contributed by atoms with Crippen LogP contribution in [0.3, 0.4) is 0 Å². The van der Waals surface area contributed by atoms with Crippen LogP contribution >= 0.6 is 0 Å². The monoisotopic (exact) mass is 1050 g/mol. The number of hydrogen-bond acceptors (Lipinski definition) is 6. The van der Waals surface area contributed by atoms with Gasteiger partial charge in [-0.1, -0.05) is 293 Å². The summed E-state index contributed by atoms with van der Waals surface area (Å²) in [5.41, 5.74) is 0. The van der Waals surface area contributed by atoms with Gasteiger partial charge in [0.25, 0.3) is 0 Å². The van der Waals surface area contributed by atoms with E-state index in [2.05, 4.69) is 93.7 Å². The Kier molecular flexibility index (Phi) is 60.7. The van der Waals surface area contributed by atoms with Crippen LogP contribution < -0.4 is 0 Å². The second-order valence-electron chi connectivity index (χ2n) is 21.6. The average molecular weight is 1050 g/mol. The molecule has 0 fully saturated rings. The first-order chi connectivity index (χ1) is 37.0. The zero-order valence-corrected chi connectivity index (χ0v) is 49.8. The number of allylic oxidation sites excluding steroid dienone is 12. The molecule has 0 bridgehead atoms. The lowest BCUT2D eigenvalue weighted by atomic mass is 10.0. The van der Waals surface area contributed by atoms with E-state index in [1.807, 2.05) is 0 Å². The Balaban J connectivity index is 4.37. The highest BCUT2D eigenvalue weighted by Crippen LogP contribution is 2.17. The number of rotatable bonds is 59. The average Bonchev–Trinajstić information content (AvgIpc) is 3.41. The van der Waals surface area contributed by atoms with Crippen molar-refractivity contribution in [2.24, 2.45) is 0 Å². The van der Waals surface area contributed by atoms with Crippen LogP contribution in [0, 0.1) is 0 Å². The number of unbranched alkanes of at least 4 members (excludes halogenated alkanes) is 36. The van der Waals surface area contributed by atoms with Crippen LogP contribution in [0.5, 0.6) is 0 Å². The number of carbonyl (C=O) groups excluding carboxylic acids is 3. The molecule has 0 heterocycles. The summed E-state index contributed by atoms with van der Waals surface area (Å²) in [5.74, 6) is -0.871. The summed E-state index contributed by atoms with van der Waals surface area (Å²) in [5, 5.41) is 0. The van der Waals surface area contributed by atoms with Gasteiger partial charge in [-0.2, -0.15) is 0 Å². The summed E-state index contributed by atoms with van der Waals surface area (Å²) >= 11 is 0. The molecule has 1 atom stereocenters. The maximum absolute atomic E-state index is 12.9. The molecular weight excluding hydrogens is 925 g/mol. The Morgan fingerprint density at radius 3 is 0.840 bits per heavy atom. The second kappa shape index (κ2) is 63.4. The predicted molar refractivity (Wildman–Crippen MR) is 325 cm³/mol. The van der Waals surface area contributed by atoms with Crippen molar-refractivity contribution in [2.45, 2.75) is 335 Å². The van der Waals surface area contributed by atoms with E-state index in [1.165, 1.54) is 193 Å². The molecule has 0 saturated carbocycles. The third-order valence-electron chi connectivity index (χ3n) is 14.2. The van der Waals surface area contributed by atoms with E-state index in [-0.39, 0.29) is 31.1 Å². The van der Waals surface area contributed by atoms with E-state index in [0.29, 0.717) is 19.3 Å². The van der Waals surface area contributed by atoms with E-state index in [0.717, 1.165) is 96.3 Å². The van der Waals surface area contributed by atoms with Crippen LogP contribution in [0.15, 0.2) is 72.9 Å². The Hall–Kier alpha value is -3.15. The van der Waals surface area contributed by atoms with Gasteiger partial charge in [0.2, 0.25) is 0 Å². The molecule has 75 heavy (non-hydrogen) atoms. The van der Waals surface area contributed by atoms with Gasteiger partial charge in [-0.25, -0.2) is 0 Å². The van der Waals surface area contributed by atoms with Gasteiger partial charge in [0.15, 0.2) is 6.10 Å². The molecule has 0 saturated heterocycles. The van der Waals surface area contributed by atoms with E-state index in [1.54, 1.807) is 0 Å². The highest BCUT2D eigenvalue weighted by atomic mass is 16.6. The van der Waals surface area contributed by atoms with Crippen molar-refractivity contribution in [1.29, 1.82) is 0 Å². The SMILES string of the molecule is CC/C=C\C/C=C\C/C=C\C/C=C\CCCCCCCCCCC(=O)OCC(COC(=O)CCCCCCCCCCCCCCCCCCC)OC(=O)CCCCCCCCCCC/C=C\C/C=C\CCCCC. The first kappa shape index (κ1) is 71.8. The fraction of sp³-hybridized carbons (Fsp3) is 0.783. The third-order valence-corrected chi connectivity index (χ3v) is 14.2. The molecule has 6 heteroatoms. The lowest BCUT2D eigenvalue weighted by molar-refractivity contribution is -0.167. The molecule has 1 unspecified atom stereocenters. The molecule has 0 N–H and O–H groups in total. The third kappa shape index (κ3) is 61.6. The Morgan fingerprint density at radius 2 is 0.520 bits per heavy atom. The maximum atomic E-state index is 12.9. The quantitative estimate of drug-likeness (QED) is 0.0261. The standard InChI is InChI=1S/C69H122O6/c1-4-7-10-13-16-19-22-25-28-31-33-34-36-38-41-44-47-50-53-56-59-62-68(71)74-65-66(64-73-67(70)61-58-55-52-49-46-43-40-37-30-27-24-21-18-15-12-9-6-3)75-69(72)63-60-57-54-51-48-45-42-39-35-32-29-26-23-20-17-14-11-8-5-2/h7,10,16-17,19-20,25-26,28-29,33-34,66H,4-6,8-9,11-15,18,21-24,27,30-32,35-65H2,1-3H3/b10-7-,19-16-,20-17-,28-25-,29-26-,34-33-. The fourth-order valence-electron chi connectivity index (χ4n) is 9.35. The van der Waals surface area contributed by atoms with Crippen molar-refractivity contribution in [2.75, 3.05) is 13.2 Å². The highest BCUT2D eigenvalue weighted by Gasteiger charge is 2.19. The summed E-state index contributed by atoms with van der Waals surface area (Å²) in [4.78, 5) is 38.4. The lowest BCUT2D eigenvalue weighted by Crippen LogP contribution is -2.30. The van der Waals surface area contributed by atoms with Crippen molar-refractivity contribution in [3.05, 3.63) is 72.9 Å². The maximum Gasteiger partial charge on any atom is 0.306 e. The van der Waals surface area contributed by atoms with E-state index in [4.69, 9.17) is 14.2 Å². The van der Waals surface area contributed by atoms with Crippen LogP contribution in [0.2, 0.25) is 0 Å². The van der Waals surface area contributed by atoms with E-state index >= 15 is 0 Å². The van der Waals surface area contributed by atoms with Gasteiger partial charge in [-0.05, 0) is 89.9 Å². The molecule has 6 nitrogen and oxygen atoms in total. The minimum atomic E-state index is -0.781. The van der Waals surface area contributed by atoms with Crippen LogP contribution in [-0.2, 0) is 28.6 Å². The van der Waals surface area contributed by atoms with Gasteiger partial charge in [-0.3, -0.25) is 14.4 Å². The Labute approximate surface area is 465 Å². The number of esters is 3. The molecule has 0 aliphatic heterocycles. The van der Waals surface area contributed by atoms with E-state index in [9.17, 15) is 14.4 Å². The van der Waals surface area contributed by atoms with Gasteiger partial charge in [0.05, 0.1) is 0 Å². The van der Waals surface area contributed by atoms with Crippen molar-refractivity contribution in [3.63, 3.8) is 0 Å². The van der Waals surface area contributed by atoms with E-state index < -0.39 is 6.10 Å². The fourth-order valence-corrected chi connectivity index (χ4v) is 9.35. The highest BCUT2D eigenvalue weighted by molar-refractivity contribution is 5.71. The molecule has 0 aliphatic carbocycles. The summed E-state index contributed by atoms with van der Waals surface area (Å²) in [6, 6.07) is 0. The van der Waals surface area contributed by atoms with Crippen molar-refractivity contribution in [3.8, 4) is 0 Å². The molecule has 0 aromatic carbocycles. The zero-order valence-electron chi connectivity index (χ0n) is 49.8. The van der Waals surface area contributed by atoms with Gasteiger partial charge in [-0.15, -0.1) is 0 Å². The minimum Gasteiger partial charge on any atom is -0.462 e. The Morgan fingerprint density at radius 1 is 0.280 bits per heavy atom. The molecule has 0 spiro atoms. The van der Waals surface area contributed by atoms with Crippen molar-refractivity contribution < 1.29 is 28.6 Å². The molecule has 0 amide bonds. The smallest absolute Gasteiger partial charge is 0.306 e. The molecule has 0 rings (SSSR count). The topological polar surface area (TPSA) is 78.9 Å². The minimum absolute atomic E-state index is 0.0763. The lowest BCUT2D eigenvalue weighted by Gasteiger charge is -2.18. The largest absolute Gasteiger partial charge is 0.462 e. The van der Waals surface area contributed by atoms with Gasteiger partial charge in [0.1, 0.15) is 13.2 Å². The van der Waals surface area contributed by atoms with Crippen LogP contribution in [-0.4, -0.2) is 37.2 Å². The first-order valence-corrected chi connectivity index (χ1v) is 32.4. The van der Waals surface area contributed by atoms with Crippen LogP contribution in [0.1, 0.15) is 329 Å². The summed E-state index contributed by atoms with van der Waals surface area (Å²) < 4.78 is 17.0. The van der Waals surface area contributed by atoms with Crippen molar-refractivity contribution in [1.82, 2.24) is 0 Å². The van der Waals surface area contributed by atoms with Crippen LogP contribution in [0.25, 0.3) is 0 Å². The number of carbonyl (C=O) groups is 3. The van der Waals surface area contributed by atoms with Crippen LogP contribution in [0.4, 0.5) is 0 Å². The molecule has 0 aromatic heterocycles. The van der Waals surface area contributed by atoms with Gasteiger partial charge in [0, 0.05) is 19.3 Å². The number of hydrogen-bond donors (Lipinski definition) is 0. The normalized spacial score (nSPS) is 12.5. The molecule has 0 aliphatic rings. The summed E-state index contributed by atoms with van der Waals surface area (Å²) in [7, 11) is 0.